The van der Waals surface area contributed by atoms with Crippen molar-refractivity contribution in [1.29, 1.82) is 0 Å². The summed E-state index contributed by atoms with van der Waals surface area (Å²) in [6.45, 7) is 6.08. The summed E-state index contributed by atoms with van der Waals surface area (Å²) in [5, 5.41) is 6.51. The fourth-order valence-corrected chi connectivity index (χ4v) is 3.33. The van der Waals surface area contributed by atoms with Gasteiger partial charge in [-0.2, -0.15) is 0 Å². The Kier molecular flexibility index (Phi) is 9.99. The molecular weight excluding hydrogens is 322 g/mol. The summed E-state index contributed by atoms with van der Waals surface area (Å²) < 4.78 is 0. The smallest absolute Gasteiger partial charge is 0.220 e. The molecule has 0 bridgehead atoms. The zero-order valence-electron chi connectivity index (χ0n) is 15.0. The maximum atomic E-state index is 12.1. The average molecular weight is 354 g/mol. The summed E-state index contributed by atoms with van der Waals surface area (Å²) >= 11 is 0. The van der Waals surface area contributed by atoms with Gasteiger partial charge >= 0.3 is 0 Å². The van der Waals surface area contributed by atoms with Gasteiger partial charge in [-0.05, 0) is 57.8 Å². The number of halogens is 1. The molecule has 0 aromatic heterocycles. The number of amides is 1. The third-order valence-electron chi connectivity index (χ3n) is 4.53. The van der Waals surface area contributed by atoms with E-state index in [0.29, 0.717) is 6.42 Å². The first-order valence-electron chi connectivity index (χ1n) is 8.86. The van der Waals surface area contributed by atoms with E-state index in [-0.39, 0.29) is 24.4 Å². The molecule has 1 amide bonds. The minimum absolute atomic E-state index is 0. The second-order valence-electron chi connectivity index (χ2n) is 6.88. The van der Waals surface area contributed by atoms with Gasteiger partial charge in [0.1, 0.15) is 0 Å². The lowest BCUT2D eigenvalue weighted by Crippen LogP contribution is -2.40. The molecule has 2 rings (SSSR count). The van der Waals surface area contributed by atoms with Crippen molar-refractivity contribution in [3.05, 3.63) is 35.9 Å². The van der Waals surface area contributed by atoms with Gasteiger partial charge in [0.25, 0.3) is 0 Å². The number of nitrogens with zero attached hydrogens (tertiary/aromatic N) is 1. The van der Waals surface area contributed by atoms with Crippen molar-refractivity contribution in [2.75, 3.05) is 26.7 Å². The van der Waals surface area contributed by atoms with Gasteiger partial charge in [0.15, 0.2) is 0 Å². The second-order valence-corrected chi connectivity index (χ2v) is 6.88. The fourth-order valence-electron chi connectivity index (χ4n) is 3.33. The number of hydrogen-bond donors (Lipinski definition) is 2. The highest BCUT2D eigenvalue weighted by Gasteiger charge is 2.15. The molecule has 5 heteroatoms. The van der Waals surface area contributed by atoms with Gasteiger partial charge in [-0.1, -0.05) is 30.3 Å². The van der Waals surface area contributed by atoms with Crippen LogP contribution in [0.5, 0.6) is 0 Å². The van der Waals surface area contributed by atoms with Gasteiger partial charge < -0.3 is 15.5 Å². The van der Waals surface area contributed by atoms with Gasteiger partial charge in [-0.3, -0.25) is 4.79 Å². The number of carbonyl (C=O) groups is 1. The molecule has 1 saturated heterocycles. The lowest BCUT2D eigenvalue weighted by molar-refractivity contribution is -0.122. The summed E-state index contributed by atoms with van der Waals surface area (Å²) in [6.07, 6.45) is 4.11. The number of nitrogens with one attached hydrogen (secondary N) is 2. The van der Waals surface area contributed by atoms with E-state index in [1.165, 1.54) is 18.4 Å². The van der Waals surface area contributed by atoms with E-state index in [9.17, 15) is 4.79 Å². The normalized spacial score (nSPS) is 16.5. The third kappa shape index (κ3) is 8.13. The maximum Gasteiger partial charge on any atom is 0.220 e. The summed E-state index contributed by atoms with van der Waals surface area (Å²) in [5.74, 6) is 0.919. The van der Waals surface area contributed by atoms with Gasteiger partial charge in [-0.25, -0.2) is 0 Å². The topological polar surface area (TPSA) is 44.4 Å². The van der Waals surface area contributed by atoms with Crippen LogP contribution in [-0.4, -0.2) is 43.5 Å². The highest BCUT2D eigenvalue weighted by molar-refractivity contribution is 5.85. The maximum absolute atomic E-state index is 12.1. The van der Waals surface area contributed by atoms with Crippen LogP contribution in [0.1, 0.15) is 38.2 Å². The Bertz CT molecular complexity index is 463. The van der Waals surface area contributed by atoms with E-state index in [2.05, 4.69) is 53.8 Å². The number of carbonyl (C=O) groups excluding carboxylic acids is 1. The van der Waals surface area contributed by atoms with Crippen LogP contribution < -0.4 is 10.6 Å². The van der Waals surface area contributed by atoms with Crippen LogP contribution in [0.15, 0.2) is 30.3 Å². The minimum Gasteiger partial charge on any atom is -0.352 e. The predicted octanol–water partition coefficient (Wildman–Crippen LogP) is 2.82. The third-order valence-corrected chi connectivity index (χ3v) is 4.53. The van der Waals surface area contributed by atoms with Crippen LogP contribution in [0.2, 0.25) is 0 Å². The number of benzene rings is 1. The Labute approximate surface area is 152 Å². The molecule has 24 heavy (non-hydrogen) atoms. The molecule has 136 valence electrons. The van der Waals surface area contributed by atoms with Gasteiger partial charge in [0.2, 0.25) is 5.91 Å². The van der Waals surface area contributed by atoms with Crippen molar-refractivity contribution in [3.8, 4) is 0 Å². The van der Waals surface area contributed by atoms with E-state index in [4.69, 9.17) is 0 Å². The Hall–Kier alpha value is -1.10. The van der Waals surface area contributed by atoms with E-state index in [1.807, 2.05) is 6.07 Å². The highest BCUT2D eigenvalue weighted by atomic mass is 35.5. The van der Waals surface area contributed by atoms with Crippen LogP contribution in [0.3, 0.4) is 0 Å². The fraction of sp³-hybridized carbons (Fsp3) is 0.632. The SMILES string of the molecule is CC(CN(C)Cc1ccccc1)NC(=O)CCC1CCNCC1.Cl. The molecule has 1 atom stereocenters. The van der Waals surface area contributed by atoms with Crippen molar-refractivity contribution < 1.29 is 4.79 Å². The summed E-state index contributed by atoms with van der Waals surface area (Å²) in [4.78, 5) is 14.3. The standard InChI is InChI=1S/C19H31N3O.ClH/c1-16(14-22(2)15-18-6-4-3-5-7-18)21-19(23)9-8-17-10-12-20-13-11-17;/h3-7,16-17,20H,8-15H2,1-2H3,(H,21,23);1H. The van der Waals surface area contributed by atoms with E-state index < -0.39 is 0 Å². The van der Waals surface area contributed by atoms with Crippen molar-refractivity contribution in [2.24, 2.45) is 5.92 Å². The molecule has 1 unspecified atom stereocenters. The van der Waals surface area contributed by atoms with Crippen LogP contribution in [0, 0.1) is 5.92 Å². The highest BCUT2D eigenvalue weighted by Crippen LogP contribution is 2.17. The monoisotopic (exact) mass is 353 g/mol. The van der Waals surface area contributed by atoms with Gasteiger partial charge in [0, 0.05) is 25.6 Å². The molecule has 1 aromatic rings. The Morgan fingerprint density at radius 2 is 1.96 bits per heavy atom. The molecule has 0 aliphatic carbocycles. The molecule has 1 fully saturated rings. The Morgan fingerprint density at radius 1 is 1.29 bits per heavy atom. The summed E-state index contributed by atoms with van der Waals surface area (Å²) in [5.41, 5.74) is 1.31. The first-order chi connectivity index (χ1) is 11.1. The largest absolute Gasteiger partial charge is 0.352 e. The zero-order chi connectivity index (χ0) is 16.5. The molecule has 1 aliphatic rings. The van der Waals surface area contributed by atoms with Crippen molar-refractivity contribution in [1.82, 2.24) is 15.5 Å². The lowest BCUT2D eigenvalue weighted by Gasteiger charge is -2.24. The molecule has 1 aromatic carbocycles. The predicted molar refractivity (Wildman–Crippen MR) is 102 cm³/mol. The van der Waals surface area contributed by atoms with Crippen LogP contribution in [0.4, 0.5) is 0 Å². The van der Waals surface area contributed by atoms with E-state index in [0.717, 1.165) is 38.5 Å². The number of hydrogen-bond acceptors (Lipinski definition) is 3. The summed E-state index contributed by atoms with van der Waals surface area (Å²) in [7, 11) is 2.10. The number of piperidine rings is 1. The molecule has 2 N–H and O–H groups in total. The van der Waals surface area contributed by atoms with Crippen LogP contribution >= 0.6 is 12.4 Å². The van der Waals surface area contributed by atoms with Crippen LogP contribution in [0.25, 0.3) is 0 Å². The molecule has 0 saturated carbocycles. The minimum atomic E-state index is 0. The van der Waals surface area contributed by atoms with Crippen molar-refractivity contribution >= 4 is 18.3 Å². The number of likely N-dealkylation sites (N-methyl/N-ethyl adjacent to an activating group) is 1. The Balaban J connectivity index is 0.00000288. The van der Waals surface area contributed by atoms with Crippen molar-refractivity contribution in [3.63, 3.8) is 0 Å². The molecular formula is C19H32ClN3O. The first-order valence-corrected chi connectivity index (χ1v) is 8.86. The lowest BCUT2D eigenvalue weighted by atomic mass is 9.93. The number of rotatable bonds is 8. The first kappa shape index (κ1) is 20.9. The summed E-state index contributed by atoms with van der Waals surface area (Å²) in [6, 6.07) is 10.6. The van der Waals surface area contributed by atoms with Gasteiger partial charge in [0.05, 0.1) is 0 Å². The molecule has 0 spiro atoms. The Morgan fingerprint density at radius 3 is 2.62 bits per heavy atom. The zero-order valence-corrected chi connectivity index (χ0v) is 15.8. The van der Waals surface area contributed by atoms with E-state index >= 15 is 0 Å². The van der Waals surface area contributed by atoms with Gasteiger partial charge in [-0.15, -0.1) is 12.4 Å². The molecule has 1 heterocycles. The molecule has 4 nitrogen and oxygen atoms in total. The van der Waals surface area contributed by atoms with Crippen molar-refractivity contribution in [2.45, 2.75) is 45.2 Å². The van der Waals surface area contributed by atoms with E-state index in [1.54, 1.807) is 0 Å². The van der Waals surface area contributed by atoms with Crippen LogP contribution in [-0.2, 0) is 11.3 Å². The second kappa shape index (κ2) is 11.5. The molecule has 1 aliphatic heterocycles. The molecule has 0 radical (unpaired) electrons. The average Bonchev–Trinajstić information content (AvgIpc) is 2.54. The quantitative estimate of drug-likeness (QED) is 0.755.